The van der Waals surface area contributed by atoms with E-state index in [4.69, 9.17) is 21.5 Å². The van der Waals surface area contributed by atoms with E-state index in [9.17, 15) is 23.4 Å². The van der Waals surface area contributed by atoms with E-state index in [0.29, 0.717) is 53.7 Å². The molecule has 1 saturated carbocycles. The van der Waals surface area contributed by atoms with Gasteiger partial charge in [-0.3, -0.25) is 8.98 Å². The van der Waals surface area contributed by atoms with Crippen LogP contribution in [0.2, 0.25) is 4.34 Å². The highest BCUT2D eigenvalue weighted by molar-refractivity contribution is 7.84. The van der Waals surface area contributed by atoms with Gasteiger partial charge in [-0.05, 0) is 37.7 Å². The number of halogens is 1. The average molecular weight is 547 g/mol. The van der Waals surface area contributed by atoms with Gasteiger partial charge in [0.05, 0.1) is 33.6 Å². The molecule has 0 unspecified atom stereocenters. The van der Waals surface area contributed by atoms with Gasteiger partial charge in [-0.2, -0.15) is 8.42 Å². The highest BCUT2D eigenvalue weighted by atomic mass is 35.5. The first-order valence-corrected chi connectivity index (χ1v) is 13.8. The van der Waals surface area contributed by atoms with E-state index in [0.717, 1.165) is 11.3 Å². The van der Waals surface area contributed by atoms with Crippen LogP contribution in [-0.4, -0.2) is 66.3 Å². The van der Waals surface area contributed by atoms with Crippen molar-refractivity contribution in [2.24, 2.45) is 17.0 Å². The Kier molecular flexibility index (Phi) is 8.38. The minimum atomic E-state index is -4.11. The second-order valence-corrected chi connectivity index (χ2v) is 11.6. The second-order valence-electron chi connectivity index (χ2n) is 8.77. The van der Waals surface area contributed by atoms with Crippen LogP contribution in [-0.2, 0) is 19.2 Å². The van der Waals surface area contributed by atoms with E-state index in [1.807, 2.05) is 0 Å². The average Bonchev–Trinajstić information content (AvgIpc) is 3.39. The van der Waals surface area contributed by atoms with Gasteiger partial charge in [0.2, 0.25) is 5.78 Å². The fourth-order valence-electron chi connectivity index (χ4n) is 4.50. The molecule has 2 aromatic rings. The minimum absolute atomic E-state index is 0.0102. The molecule has 192 valence electrons. The predicted octanol–water partition coefficient (Wildman–Crippen LogP) is 1.65. The van der Waals surface area contributed by atoms with Crippen molar-refractivity contribution in [2.45, 2.75) is 43.9 Å². The summed E-state index contributed by atoms with van der Waals surface area (Å²) in [5.74, 6) is -0.502. The number of anilines is 1. The number of nitrogens with two attached hydrogens (primary N) is 1. The number of aromatic nitrogens is 2. The number of nitrogens with one attached hydrogen (secondary N) is 1. The Morgan fingerprint density at radius 3 is 2.83 bits per heavy atom. The maximum Gasteiger partial charge on any atom is 0.333 e. The quantitative estimate of drug-likeness (QED) is 0.338. The molecule has 0 amide bonds. The molecule has 1 aliphatic heterocycles. The molecule has 2 aliphatic rings. The molecule has 0 spiro atoms. The normalized spacial score (nSPS) is 24.4. The second kappa shape index (κ2) is 11.1. The van der Waals surface area contributed by atoms with Crippen molar-refractivity contribution in [3.05, 3.63) is 38.9 Å². The summed E-state index contributed by atoms with van der Waals surface area (Å²) in [7, 11) is -4.11. The van der Waals surface area contributed by atoms with Crippen LogP contribution in [0.4, 0.5) is 5.82 Å². The predicted molar refractivity (Wildman–Crippen MR) is 128 cm³/mol. The number of carbonyl (C=O) groups is 1. The van der Waals surface area contributed by atoms with E-state index in [1.165, 1.54) is 12.5 Å². The van der Waals surface area contributed by atoms with Gasteiger partial charge in [-0.25, -0.2) is 15.1 Å². The van der Waals surface area contributed by atoms with Crippen LogP contribution in [0.1, 0.15) is 52.6 Å². The molecule has 5 N–H and O–H groups in total. The molecule has 0 bridgehead atoms. The Morgan fingerprint density at radius 2 is 2.11 bits per heavy atom. The third-order valence-corrected chi connectivity index (χ3v) is 8.22. The molecular weight excluding hydrogens is 520 g/mol. The first-order chi connectivity index (χ1) is 16.6. The molecule has 1 saturated heterocycles. The number of hydrogen-bond donors (Lipinski definition) is 4. The molecular formula is C21H27ClN4O7S2. The number of aliphatic hydroxyl groups is 2. The number of aliphatic hydroxyl groups excluding tert-OH is 2. The maximum absolute atomic E-state index is 13.3. The van der Waals surface area contributed by atoms with Crippen LogP contribution < -0.4 is 10.5 Å². The number of nitrogens with zero attached hydrogens (tertiary/aromatic N) is 2. The van der Waals surface area contributed by atoms with Crippen molar-refractivity contribution in [3.8, 4) is 0 Å². The molecule has 4 atom stereocenters. The molecule has 0 radical (unpaired) electrons. The molecule has 0 aromatic carbocycles. The van der Waals surface area contributed by atoms with Crippen molar-refractivity contribution in [1.29, 1.82) is 0 Å². The smallest absolute Gasteiger partial charge is 0.333 e. The van der Waals surface area contributed by atoms with Gasteiger partial charge in [0.1, 0.15) is 12.1 Å². The summed E-state index contributed by atoms with van der Waals surface area (Å²) in [6.07, 6.45) is 3.23. The van der Waals surface area contributed by atoms with Crippen LogP contribution in [0, 0.1) is 11.8 Å². The molecule has 2 aromatic heterocycles. The molecule has 35 heavy (non-hydrogen) atoms. The monoisotopic (exact) mass is 546 g/mol. The number of carbonyl (C=O) groups excluding carboxylic acids is 1. The highest BCUT2D eigenvalue weighted by Gasteiger charge is 2.35. The fourth-order valence-corrected chi connectivity index (χ4v) is 6.16. The first-order valence-electron chi connectivity index (χ1n) is 11.1. The lowest BCUT2D eigenvalue weighted by Crippen LogP contribution is -2.24. The van der Waals surface area contributed by atoms with Crippen molar-refractivity contribution in [1.82, 2.24) is 9.97 Å². The van der Waals surface area contributed by atoms with Crippen LogP contribution in [0.3, 0.4) is 0 Å². The number of ketones is 1. The number of rotatable bonds is 9. The Bertz CT molecular complexity index is 1160. The zero-order chi connectivity index (χ0) is 25.2. The van der Waals surface area contributed by atoms with E-state index in [1.54, 1.807) is 6.07 Å². The zero-order valence-electron chi connectivity index (χ0n) is 18.7. The highest BCUT2D eigenvalue weighted by Crippen LogP contribution is 2.39. The topological polar surface area (TPSA) is 174 Å². The molecule has 11 nitrogen and oxygen atoms in total. The van der Waals surface area contributed by atoms with E-state index >= 15 is 0 Å². The fraction of sp³-hybridized carbons (Fsp3) is 0.571. The molecule has 14 heteroatoms. The van der Waals surface area contributed by atoms with Gasteiger partial charge in [-0.1, -0.05) is 11.6 Å². The molecule has 1 aliphatic carbocycles. The van der Waals surface area contributed by atoms with Crippen LogP contribution >= 0.6 is 22.9 Å². The Hall–Kier alpha value is -1.71. The Morgan fingerprint density at radius 1 is 1.37 bits per heavy atom. The van der Waals surface area contributed by atoms with Gasteiger partial charge in [-0.15, -0.1) is 11.3 Å². The van der Waals surface area contributed by atoms with Crippen LogP contribution in [0.5, 0.6) is 0 Å². The summed E-state index contributed by atoms with van der Waals surface area (Å²) in [5.41, 5.74) is 0.742. The lowest BCUT2D eigenvalue weighted by atomic mass is 9.90. The van der Waals surface area contributed by atoms with Crippen molar-refractivity contribution in [2.75, 3.05) is 25.1 Å². The lowest BCUT2D eigenvalue weighted by molar-refractivity contribution is 0.00736. The number of hydrogen-bond acceptors (Lipinski definition) is 11. The third kappa shape index (κ3) is 6.54. The van der Waals surface area contributed by atoms with Crippen LogP contribution in [0.25, 0.3) is 0 Å². The summed E-state index contributed by atoms with van der Waals surface area (Å²) >= 11 is 7.49. The maximum atomic E-state index is 13.3. The van der Waals surface area contributed by atoms with Gasteiger partial charge >= 0.3 is 10.3 Å². The van der Waals surface area contributed by atoms with Crippen molar-refractivity contribution in [3.63, 3.8) is 0 Å². The lowest BCUT2D eigenvalue weighted by Gasteiger charge is -2.26. The summed E-state index contributed by atoms with van der Waals surface area (Å²) in [5, 5.41) is 29.1. The standard InChI is InChI=1S/C21H27ClN4O7S2/c22-20-14(18(28)11-1-3-32-4-2-11)7-17(34-20)19(29)15-8-24-10-25-21(15)26-13-5-12(16(27)6-13)9-33-35(23,30)31/h7-8,10-13,16,18,27-28H,1-6,9H2,(H2,23,30,31)(H,24,25,26)/t12-,13-,16+,18-/m1/s1. The summed E-state index contributed by atoms with van der Waals surface area (Å²) < 4.78 is 32.4. The van der Waals surface area contributed by atoms with E-state index < -0.39 is 28.4 Å². The van der Waals surface area contributed by atoms with Gasteiger partial charge in [0, 0.05) is 36.9 Å². The molecule has 3 heterocycles. The summed E-state index contributed by atoms with van der Waals surface area (Å²) in [6.45, 7) is 0.923. The van der Waals surface area contributed by atoms with Crippen LogP contribution in [0.15, 0.2) is 18.6 Å². The summed E-state index contributed by atoms with van der Waals surface area (Å²) in [6, 6.07) is 1.34. The van der Waals surface area contributed by atoms with Crippen molar-refractivity contribution < 1.29 is 32.3 Å². The van der Waals surface area contributed by atoms with E-state index in [2.05, 4.69) is 19.5 Å². The minimum Gasteiger partial charge on any atom is -0.393 e. The Labute approximate surface area is 211 Å². The third-order valence-electron chi connectivity index (χ3n) is 6.37. The van der Waals surface area contributed by atoms with Gasteiger partial charge < -0.3 is 20.3 Å². The van der Waals surface area contributed by atoms with Crippen molar-refractivity contribution >= 4 is 44.8 Å². The van der Waals surface area contributed by atoms with Gasteiger partial charge in [0.25, 0.3) is 0 Å². The number of thiophene rings is 1. The molecule has 2 fully saturated rings. The van der Waals surface area contributed by atoms with Gasteiger partial charge in [0.15, 0.2) is 0 Å². The first kappa shape index (κ1) is 26.4. The Balaban J connectivity index is 1.47. The largest absolute Gasteiger partial charge is 0.393 e. The number of ether oxygens (including phenoxy) is 1. The molecule has 4 rings (SSSR count). The summed E-state index contributed by atoms with van der Waals surface area (Å²) in [4.78, 5) is 21.8. The zero-order valence-corrected chi connectivity index (χ0v) is 21.1. The van der Waals surface area contributed by atoms with E-state index in [-0.39, 0.29) is 35.7 Å². The SMILES string of the molecule is NS(=O)(=O)OC[C@H]1C[C@@H](Nc2ncncc2C(=O)c2cc([C@H](O)C3CCOCC3)c(Cl)s2)C[C@@H]1O.